The van der Waals surface area contributed by atoms with Crippen LogP contribution in [0, 0.1) is 11.8 Å². The Morgan fingerprint density at radius 2 is 1.69 bits per heavy atom. The van der Waals surface area contributed by atoms with Crippen molar-refractivity contribution < 1.29 is 14.3 Å². The second-order valence-corrected chi connectivity index (χ2v) is 9.75. The maximum absolute atomic E-state index is 13.2. The molecule has 1 aliphatic carbocycles. The topological polar surface area (TPSA) is 50.8 Å². The molecule has 3 aliphatic rings. The van der Waals surface area contributed by atoms with E-state index in [2.05, 4.69) is 49.5 Å². The predicted octanol–water partition coefficient (Wildman–Crippen LogP) is 6.09. The fourth-order valence-corrected chi connectivity index (χ4v) is 5.84. The number of ether oxygens (including phenoxy) is 2. The zero-order valence-corrected chi connectivity index (χ0v) is 20.3. The third-order valence-electron chi connectivity index (χ3n) is 7.45. The van der Waals surface area contributed by atoms with E-state index >= 15 is 0 Å². The van der Waals surface area contributed by atoms with E-state index in [0.29, 0.717) is 5.56 Å². The van der Waals surface area contributed by atoms with Gasteiger partial charge in [0.25, 0.3) is 0 Å². The fraction of sp³-hybridized carbons (Fsp3) is 0.233. The summed E-state index contributed by atoms with van der Waals surface area (Å²) in [5.74, 6) is 1.03. The SMILES string of the molecule is CC1=C(Nc2ccccc2)C(C)C2C(=C1)Oc1cc(N(C)C)ccc1C21OC(=O)c2ccccc21. The molecule has 1 spiro atoms. The molecule has 5 nitrogen and oxygen atoms in total. The molecule has 176 valence electrons. The number of nitrogens with zero attached hydrogens (tertiary/aromatic N) is 1. The van der Waals surface area contributed by atoms with Gasteiger partial charge in [-0.25, -0.2) is 4.79 Å². The molecule has 0 aromatic heterocycles. The van der Waals surface area contributed by atoms with Gasteiger partial charge in [0, 0.05) is 54.3 Å². The maximum Gasteiger partial charge on any atom is 0.339 e. The average Bonchev–Trinajstić information content (AvgIpc) is 3.14. The Hall–Kier alpha value is -3.99. The Morgan fingerprint density at radius 1 is 0.943 bits per heavy atom. The first-order valence-corrected chi connectivity index (χ1v) is 12.0. The molecule has 3 atom stereocenters. The standard InChI is InChI=1S/C30H28N2O3/c1-18-16-26-27(19(2)28(18)31-20-10-6-5-7-11-20)30(23-13-9-8-12-22(23)29(33)35-30)24-15-14-21(32(3)4)17-25(24)34-26/h5-17,19,27,31H,1-4H3. The number of fused-ring (bicyclic) bond motifs is 6. The van der Waals surface area contributed by atoms with Gasteiger partial charge < -0.3 is 19.7 Å². The first-order valence-electron chi connectivity index (χ1n) is 12.0. The van der Waals surface area contributed by atoms with Crippen molar-refractivity contribution in [3.63, 3.8) is 0 Å². The molecule has 3 aromatic rings. The fourth-order valence-electron chi connectivity index (χ4n) is 5.84. The van der Waals surface area contributed by atoms with Crippen LogP contribution in [0.3, 0.4) is 0 Å². The van der Waals surface area contributed by atoms with E-state index < -0.39 is 5.60 Å². The lowest BCUT2D eigenvalue weighted by Crippen LogP contribution is -2.47. The molecule has 0 saturated carbocycles. The average molecular weight is 465 g/mol. The third kappa shape index (κ3) is 3.11. The van der Waals surface area contributed by atoms with Crippen molar-refractivity contribution in [2.24, 2.45) is 11.8 Å². The largest absolute Gasteiger partial charge is 0.461 e. The second kappa shape index (κ2) is 7.77. The number of benzene rings is 3. The summed E-state index contributed by atoms with van der Waals surface area (Å²) in [5.41, 5.74) is 5.68. The molecule has 0 fully saturated rings. The van der Waals surface area contributed by atoms with Gasteiger partial charge in [0.2, 0.25) is 0 Å². The number of esters is 1. The molecule has 6 rings (SSSR count). The highest BCUT2D eigenvalue weighted by molar-refractivity contribution is 5.96. The highest BCUT2D eigenvalue weighted by Crippen LogP contribution is 2.59. The normalized spacial score (nSPS) is 24.1. The van der Waals surface area contributed by atoms with Gasteiger partial charge in [-0.15, -0.1) is 0 Å². The van der Waals surface area contributed by atoms with Gasteiger partial charge in [0.15, 0.2) is 5.60 Å². The molecule has 2 aliphatic heterocycles. The number of carbonyl (C=O) groups excluding carboxylic acids is 1. The monoisotopic (exact) mass is 464 g/mol. The predicted molar refractivity (Wildman–Crippen MR) is 138 cm³/mol. The van der Waals surface area contributed by atoms with Crippen molar-refractivity contribution in [2.45, 2.75) is 19.4 Å². The van der Waals surface area contributed by atoms with Crippen LogP contribution >= 0.6 is 0 Å². The molecule has 2 heterocycles. The van der Waals surface area contributed by atoms with E-state index in [0.717, 1.165) is 45.3 Å². The van der Waals surface area contributed by atoms with Crippen molar-refractivity contribution in [1.29, 1.82) is 0 Å². The van der Waals surface area contributed by atoms with Crippen LogP contribution in [0.15, 0.2) is 95.9 Å². The van der Waals surface area contributed by atoms with E-state index in [1.54, 1.807) is 0 Å². The van der Waals surface area contributed by atoms with Crippen molar-refractivity contribution >= 4 is 17.3 Å². The smallest absolute Gasteiger partial charge is 0.339 e. The molecule has 35 heavy (non-hydrogen) atoms. The first-order chi connectivity index (χ1) is 16.9. The van der Waals surface area contributed by atoms with Crippen molar-refractivity contribution in [3.8, 4) is 5.75 Å². The lowest BCUT2D eigenvalue weighted by atomic mass is 9.65. The van der Waals surface area contributed by atoms with E-state index in [1.165, 1.54) is 0 Å². The van der Waals surface area contributed by atoms with E-state index in [1.807, 2.05) is 67.5 Å². The van der Waals surface area contributed by atoms with Crippen molar-refractivity contribution in [1.82, 2.24) is 0 Å². The van der Waals surface area contributed by atoms with Gasteiger partial charge in [-0.05, 0) is 48.9 Å². The van der Waals surface area contributed by atoms with E-state index in [9.17, 15) is 4.79 Å². The lowest BCUT2D eigenvalue weighted by Gasteiger charge is -2.47. The van der Waals surface area contributed by atoms with Gasteiger partial charge in [-0.1, -0.05) is 43.3 Å². The summed E-state index contributed by atoms with van der Waals surface area (Å²) in [7, 11) is 4.01. The molecule has 3 unspecified atom stereocenters. The number of anilines is 2. The van der Waals surface area contributed by atoms with Crippen LogP contribution in [0.2, 0.25) is 0 Å². The summed E-state index contributed by atoms with van der Waals surface area (Å²) in [6, 6.07) is 24.1. The first kappa shape index (κ1) is 21.5. The van der Waals surface area contributed by atoms with Gasteiger partial charge in [0.05, 0.1) is 11.5 Å². The summed E-state index contributed by atoms with van der Waals surface area (Å²) >= 11 is 0. The highest BCUT2D eigenvalue weighted by atomic mass is 16.6. The quantitative estimate of drug-likeness (QED) is 0.475. The molecule has 5 heteroatoms. The summed E-state index contributed by atoms with van der Waals surface area (Å²) in [6.45, 7) is 4.28. The molecule has 0 saturated heterocycles. The highest BCUT2D eigenvalue weighted by Gasteiger charge is 2.60. The Kier molecular flexibility index (Phi) is 4.78. The minimum Gasteiger partial charge on any atom is -0.461 e. The molecule has 0 bridgehead atoms. The van der Waals surface area contributed by atoms with Crippen LogP contribution in [-0.2, 0) is 10.3 Å². The van der Waals surface area contributed by atoms with Crippen molar-refractivity contribution in [2.75, 3.05) is 24.3 Å². The number of para-hydroxylation sites is 1. The van der Waals surface area contributed by atoms with Crippen LogP contribution in [-0.4, -0.2) is 20.1 Å². The number of allylic oxidation sites excluding steroid dienone is 3. The van der Waals surface area contributed by atoms with Crippen LogP contribution in [0.4, 0.5) is 11.4 Å². The Labute approximate surface area is 205 Å². The Bertz CT molecular complexity index is 1410. The number of nitrogens with one attached hydrogen (secondary N) is 1. The minimum absolute atomic E-state index is 0.00385. The molecule has 1 N–H and O–H groups in total. The number of carbonyl (C=O) groups is 1. The van der Waals surface area contributed by atoms with Crippen LogP contribution in [0.1, 0.15) is 35.3 Å². The molecular formula is C30H28N2O3. The Morgan fingerprint density at radius 3 is 2.46 bits per heavy atom. The molecule has 3 aromatic carbocycles. The van der Waals surface area contributed by atoms with Gasteiger partial charge in [-0.2, -0.15) is 0 Å². The molecule has 0 amide bonds. The second-order valence-electron chi connectivity index (χ2n) is 9.75. The van der Waals surface area contributed by atoms with Gasteiger partial charge in [0.1, 0.15) is 11.5 Å². The molecule has 0 radical (unpaired) electrons. The summed E-state index contributed by atoms with van der Waals surface area (Å²) in [4.78, 5) is 15.3. The Balaban J connectivity index is 1.57. The minimum atomic E-state index is -0.971. The summed E-state index contributed by atoms with van der Waals surface area (Å²) in [6.07, 6.45) is 2.09. The zero-order valence-electron chi connectivity index (χ0n) is 20.3. The zero-order chi connectivity index (χ0) is 24.3. The summed E-state index contributed by atoms with van der Waals surface area (Å²) < 4.78 is 13.0. The maximum atomic E-state index is 13.2. The number of hydrogen-bond donors (Lipinski definition) is 1. The number of rotatable bonds is 3. The number of hydrogen-bond acceptors (Lipinski definition) is 5. The van der Waals surface area contributed by atoms with E-state index in [-0.39, 0.29) is 17.8 Å². The van der Waals surface area contributed by atoms with Crippen LogP contribution < -0.4 is 15.0 Å². The van der Waals surface area contributed by atoms with Gasteiger partial charge in [-0.3, -0.25) is 0 Å². The third-order valence-corrected chi connectivity index (χ3v) is 7.45. The van der Waals surface area contributed by atoms with Crippen LogP contribution in [0.5, 0.6) is 5.75 Å². The summed E-state index contributed by atoms with van der Waals surface area (Å²) in [5, 5.41) is 3.64. The lowest BCUT2D eigenvalue weighted by molar-refractivity contribution is -0.0358. The van der Waals surface area contributed by atoms with Crippen LogP contribution in [0.25, 0.3) is 0 Å². The van der Waals surface area contributed by atoms with Gasteiger partial charge >= 0.3 is 5.97 Å². The van der Waals surface area contributed by atoms with Crippen molar-refractivity contribution in [3.05, 3.63) is 113 Å². The van der Waals surface area contributed by atoms with E-state index in [4.69, 9.17) is 9.47 Å². The molecular weight excluding hydrogens is 436 g/mol.